The number of aryl methyl sites for hydroxylation is 2. The minimum Gasteiger partial charge on any atom is -0.496 e. The fourth-order valence-corrected chi connectivity index (χ4v) is 3.18. The molecule has 0 aliphatic rings. The third-order valence-corrected chi connectivity index (χ3v) is 4.58. The first kappa shape index (κ1) is 24.9. The number of halogens is 4. The van der Waals surface area contributed by atoms with Crippen LogP contribution in [0.5, 0.6) is 5.75 Å². The van der Waals surface area contributed by atoms with Crippen LogP contribution in [0.3, 0.4) is 0 Å². The SMILES string of the molecule is COc1ccccc1CCn1cnc(-c2cccc(F)c2)c1C(C)C.O=C(O)C(F)(F)F. The van der Waals surface area contributed by atoms with E-state index in [0.29, 0.717) is 5.92 Å². The number of hydrogen-bond donors (Lipinski definition) is 1. The lowest BCUT2D eigenvalue weighted by atomic mass is 10.0. The zero-order valence-electron chi connectivity index (χ0n) is 17.9. The van der Waals surface area contributed by atoms with Gasteiger partial charge in [0.05, 0.1) is 19.1 Å². The van der Waals surface area contributed by atoms with Gasteiger partial charge < -0.3 is 14.4 Å². The van der Waals surface area contributed by atoms with Gasteiger partial charge in [-0.2, -0.15) is 13.2 Å². The van der Waals surface area contributed by atoms with Gasteiger partial charge in [0.15, 0.2) is 0 Å². The Morgan fingerprint density at radius 3 is 2.38 bits per heavy atom. The van der Waals surface area contributed by atoms with Crippen LogP contribution in [0, 0.1) is 5.82 Å². The molecule has 0 aliphatic heterocycles. The van der Waals surface area contributed by atoms with E-state index >= 15 is 0 Å². The summed E-state index contributed by atoms with van der Waals surface area (Å²) in [5.41, 5.74) is 3.97. The summed E-state index contributed by atoms with van der Waals surface area (Å²) in [4.78, 5) is 13.5. The molecule has 0 fully saturated rings. The molecule has 0 bridgehead atoms. The number of rotatable bonds is 6. The van der Waals surface area contributed by atoms with Crippen LogP contribution in [-0.4, -0.2) is 33.9 Å². The molecule has 2 aromatic carbocycles. The van der Waals surface area contributed by atoms with Gasteiger partial charge in [-0.3, -0.25) is 0 Å². The van der Waals surface area contributed by atoms with E-state index in [1.54, 1.807) is 19.2 Å². The van der Waals surface area contributed by atoms with Crippen LogP contribution in [0.15, 0.2) is 54.9 Å². The lowest BCUT2D eigenvalue weighted by Gasteiger charge is -2.14. The molecule has 0 aliphatic carbocycles. The molecule has 0 spiro atoms. The first-order valence-electron chi connectivity index (χ1n) is 9.77. The van der Waals surface area contributed by atoms with Crippen LogP contribution in [-0.2, 0) is 17.8 Å². The molecule has 9 heteroatoms. The van der Waals surface area contributed by atoms with E-state index in [2.05, 4.69) is 29.5 Å². The minimum absolute atomic E-state index is 0.240. The highest BCUT2D eigenvalue weighted by Gasteiger charge is 2.38. The number of imidazole rings is 1. The van der Waals surface area contributed by atoms with Crippen molar-refractivity contribution in [2.45, 2.75) is 38.9 Å². The molecule has 5 nitrogen and oxygen atoms in total. The molecule has 0 atom stereocenters. The van der Waals surface area contributed by atoms with E-state index < -0.39 is 12.1 Å². The van der Waals surface area contributed by atoms with Crippen molar-refractivity contribution in [1.82, 2.24) is 9.55 Å². The number of ether oxygens (including phenoxy) is 1. The van der Waals surface area contributed by atoms with Gasteiger partial charge in [-0.15, -0.1) is 0 Å². The molecule has 3 aromatic rings. The lowest BCUT2D eigenvalue weighted by molar-refractivity contribution is -0.192. The zero-order valence-corrected chi connectivity index (χ0v) is 17.9. The smallest absolute Gasteiger partial charge is 0.490 e. The molecular weight excluding hydrogens is 428 g/mol. The summed E-state index contributed by atoms with van der Waals surface area (Å²) in [5, 5.41) is 7.12. The van der Waals surface area contributed by atoms with Crippen molar-refractivity contribution in [1.29, 1.82) is 0 Å². The Morgan fingerprint density at radius 2 is 1.81 bits per heavy atom. The molecule has 32 heavy (non-hydrogen) atoms. The lowest BCUT2D eigenvalue weighted by Crippen LogP contribution is -2.21. The number of carboxylic acids is 1. The Labute approximate surface area is 183 Å². The number of methoxy groups -OCH3 is 1. The molecule has 3 rings (SSSR count). The largest absolute Gasteiger partial charge is 0.496 e. The molecule has 0 saturated carbocycles. The second-order valence-electron chi connectivity index (χ2n) is 7.20. The second-order valence-corrected chi connectivity index (χ2v) is 7.20. The van der Waals surface area contributed by atoms with E-state index in [0.717, 1.165) is 35.7 Å². The standard InChI is InChI=1S/C21H23FN2O.C2HF3O2/c1-15(2)21-20(17-8-6-9-18(22)13-17)23-14-24(21)12-11-16-7-4-5-10-19(16)25-3;3-2(4,5)1(6)7/h4-10,13-15H,11-12H2,1-3H3;(H,6,7). The number of carboxylic acid groups (broad SMARTS) is 1. The van der Waals surface area contributed by atoms with E-state index in [9.17, 15) is 17.6 Å². The molecule has 1 N–H and O–H groups in total. The normalized spacial score (nSPS) is 11.1. The first-order chi connectivity index (χ1) is 15.0. The van der Waals surface area contributed by atoms with E-state index in [4.69, 9.17) is 14.6 Å². The number of para-hydroxylation sites is 1. The van der Waals surface area contributed by atoms with Crippen LogP contribution in [0.4, 0.5) is 17.6 Å². The fourth-order valence-electron chi connectivity index (χ4n) is 3.18. The van der Waals surface area contributed by atoms with E-state index in [1.165, 1.54) is 11.6 Å². The minimum atomic E-state index is -5.08. The molecule has 1 aromatic heterocycles. The summed E-state index contributed by atoms with van der Waals surface area (Å²) in [6.07, 6.45) is -2.38. The third-order valence-electron chi connectivity index (χ3n) is 4.58. The van der Waals surface area contributed by atoms with Crippen LogP contribution >= 0.6 is 0 Å². The van der Waals surface area contributed by atoms with Crippen LogP contribution in [0.25, 0.3) is 11.3 Å². The summed E-state index contributed by atoms with van der Waals surface area (Å²) in [6.45, 7) is 5.08. The molecule has 0 radical (unpaired) electrons. The average molecular weight is 452 g/mol. The second kappa shape index (κ2) is 10.8. The van der Waals surface area contributed by atoms with Crippen LogP contribution in [0.1, 0.15) is 31.0 Å². The topological polar surface area (TPSA) is 64.4 Å². The molecule has 0 amide bonds. The molecule has 172 valence electrons. The third kappa shape index (κ3) is 6.57. The van der Waals surface area contributed by atoms with Gasteiger partial charge in [0, 0.05) is 17.8 Å². The maximum atomic E-state index is 13.6. The summed E-state index contributed by atoms with van der Waals surface area (Å²) in [6, 6.07) is 14.7. The van der Waals surface area contributed by atoms with Crippen molar-refractivity contribution in [3.8, 4) is 17.0 Å². The van der Waals surface area contributed by atoms with Crippen molar-refractivity contribution < 1.29 is 32.2 Å². The first-order valence-corrected chi connectivity index (χ1v) is 9.77. The van der Waals surface area contributed by atoms with Crippen molar-refractivity contribution in [3.63, 3.8) is 0 Å². The summed E-state index contributed by atoms with van der Waals surface area (Å²) in [7, 11) is 1.69. The molecule has 1 heterocycles. The zero-order chi connectivity index (χ0) is 23.9. The highest BCUT2D eigenvalue weighted by atomic mass is 19.4. The summed E-state index contributed by atoms with van der Waals surface area (Å²) >= 11 is 0. The quantitative estimate of drug-likeness (QED) is 0.488. The number of alkyl halides is 3. The Balaban J connectivity index is 0.000000451. The Morgan fingerprint density at radius 1 is 1.16 bits per heavy atom. The van der Waals surface area contributed by atoms with Gasteiger partial charge in [0.1, 0.15) is 11.6 Å². The highest BCUT2D eigenvalue weighted by Crippen LogP contribution is 2.29. The van der Waals surface area contributed by atoms with Crippen molar-refractivity contribution in [2.75, 3.05) is 7.11 Å². The number of benzene rings is 2. The molecule has 0 saturated heterocycles. The van der Waals surface area contributed by atoms with Gasteiger partial charge in [0.2, 0.25) is 0 Å². The van der Waals surface area contributed by atoms with Crippen molar-refractivity contribution >= 4 is 5.97 Å². The van der Waals surface area contributed by atoms with Gasteiger partial charge in [-0.05, 0) is 36.1 Å². The number of aliphatic carboxylic acids is 1. The Hall–Kier alpha value is -3.36. The van der Waals surface area contributed by atoms with Gasteiger partial charge in [-0.25, -0.2) is 14.2 Å². The number of hydrogen-bond acceptors (Lipinski definition) is 3. The van der Waals surface area contributed by atoms with Gasteiger partial charge in [0.25, 0.3) is 0 Å². The number of nitrogens with zero attached hydrogens (tertiary/aromatic N) is 2. The van der Waals surface area contributed by atoms with Crippen molar-refractivity contribution in [3.05, 3.63) is 71.9 Å². The average Bonchev–Trinajstić information content (AvgIpc) is 3.16. The van der Waals surface area contributed by atoms with E-state index in [1.807, 2.05) is 30.6 Å². The molecule has 0 unspecified atom stereocenters. The Bertz CT molecular complexity index is 1050. The van der Waals surface area contributed by atoms with Crippen molar-refractivity contribution in [2.24, 2.45) is 0 Å². The number of aromatic nitrogens is 2. The van der Waals surface area contributed by atoms with Crippen LogP contribution in [0.2, 0.25) is 0 Å². The molecular formula is C23H24F4N2O3. The highest BCUT2D eigenvalue weighted by molar-refractivity contribution is 5.73. The maximum absolute atomic E-state index is 13.6. The number of carbonyl (C=O) groups is 1. The van der Waals surface area contributed by atoms with Crippen LogP contribution < -0.4 is 4.74 Å². The fraction of sp³-hybridized carbons (Fsp3) is 0.304. The predicted molar refractivity (Wildman–Crippen MR) is 112 cm³/mol. The summed E-state index contributed by atoms with van der Waals surface area (Å²) < 4.78 is 52.9. The maximum Gasteiger partial charge on any atom is 0.490 e. The van der Waals surface area contributed by atoms with Gasteiger partial charge >= 0.3 is 12.1 Å². The van der Waals surface area contributed by atoms with Gasteiger partial charge in [-0.1, -0.05) is 44.2 Å². The van der Waals surface area contributed by atoms with E-state index in [-0.39, 0.29) is 5.82 Å². The monoisotopic (exact) mass is 452 g/mol. The Kier molecular flexibility index (Phi) is 8.40. The summed E-state index contributed by atoms with van der Waals surface area (Å²) in [5.74, 6) is -1.80. The predicted octanol–water partition coefficient (Wildman–Crippen LogP) is 5.70.